The molecule has 0 spiro atoms. The number of rotatable bonds is 1. The van der Waals surface area contributed by atoms with Crippen LogP contribution in [0.2, 0.25) is 0 Å². The number of hydrogen-bond donors (Lipinski definition) is 6. The van der Waals surface area contributed by atoms with Crippen molar-refractivity contribution in [3.8, 4) is 0 Å². The molecule has 6 amide bonds. The van der Waals surface area contributed by atoms with Gasteiger partial charge in [-0.1, -0.05) is 32.0 Å². The van der Waals surface area contributed by atoms with Crippen LogP contribution in [0.4, 0.5) is 5.69 Å². The van der Waals surface area contributed by atoms with E-state index in [9.17, 15) is 33.9 Å². The van der Waals surface area contributed by atoms with Crippen LogP contribution in [0.3, 0.4) is 0 Å². The predicted molar refractivity (Wildman–Crippen MR) is 186 cm³/mol. The second-order valence-electron chi connectivity index (χ2n) is 15.2. The molecule has 1 aromatic carbocycles. The van der Waals surface area contributed by atoms with Crippen LogP contribution >= 0.6 is 0 Å². The molecule has 6 aliphatic rings. The van der Waals surface area contributed by atoms with E-state index in [0.29, 0.717) is 63.0 Å². The van der Waals surface area contributed by atoms with Gasteiger partial charge in [-0.25, -0.2) is 16.3 Å². The average Bonchev–Trinajstić information content (AvgIpc) is 3.62. The second-order valence-corrected chi connectivity index (χ2v) is 15.2. The lowest BCUT2D eigenvalue weighted by Crippen LogP contribution is -2.69. The highest BCUT2D eigenvalue weighted by Gasteiger charge is 2.61. The Morgan fingerprint density at radius 3 is 1.87 bits per heavy atom. The molecule has 5 fully saturated rings. The largest absolute Gasteiger partial charge is 0.381 e. The number of hydrogen-bond acceptors (Lipinski definition) is 11. The summed E-state index contributed by atoms with van der Waals surface area (Å²) in [5, 5.41) is 22.3. The number of likely N-dealkylation sites (N-methyl/N-ethyl adjacent to an activating group) is 1. The summed E-state index contributed by atoms with van der Waals surface area (Å²) in [6.07, 6.45) is 1.50. The van der Waals surface area contributed by atoms with E-state index in [1.807, 2.05) is 0 Å². The highest BCUT2D eigenvalue weighted by molar-refractivity contribution is 5.99. The number of anilines is 1. The molecule has 5 saturated heterocycles. The van der Waals surface area contributed by atoms with Crippen LogP contribution in [0.1, 0.15) is 71.3 Å². The lowest BCUT2D eigenvalue weighted by atomic mass is 9.91. The van der Waals surface area contributed by atoms with Gasteiger partial charge in [-0.2, -0.15) is 0 Å². The number of hydrazine groups is 3. The van der Waals surface area contributed by atoms with E-state index >= 15 is 0 Å². The molecule has 17 nitrogen and oxygen atoms in total. The van der Waals surface area contributed by atoms with Crippen LogP contribution in [-0.2, 0) is 34.4 Å². The monoisotopic (exact) mass is 722 g/mol. The van der Waals surface area contributed by atoms with Gasteiger partial charge in [0.15, 0.2) is 0 Å². The first kappa shape index (κ1) is 36.1. The topological polar surface area (TPSA) is 199 Å². The van der Waals surface area contributed by atoms with Crippen LogP contribution < -0.4 is 26.9 Å². The third kappa shape index (κ3) is 5.87. The number of benzene rings is 1. The van der Waals surface area contributed by atoms with E-state index in [2.05, 4.69) is 26.9 Å². The third-order valence-corrected chi connectivity index (χ3v) is 11.6. The number of nitrogens with zero attached hydrogens (tertiary/aromatic N) is 5. The predicted octanol–water partition coefficient (Wildman–Crippen LogP) is -1.29. The van der Waals surface area contributed by atoms with Crippen LogP contribution in [0.5, 0.6) is 0 Å². The van der Waals surface area contributed by atoms with Crippen molar-refractivity contribution in [2.75, 3.05) is 32.0 Å². The fraction of sp³-hybridized carbons (Fsp3) is 0.657. The molecule has 0 unspecified atom stereocenters. The summed E-state index contributed by atoms with van der Waals surface area (Å²) < 4.78 is 0. The molecule has 0 radical (unpaired) electrons. The Hall–Kier alpha value is -4.32. The Morgan fingerprint density at radius 1 is 0.712 bits per heavy atom. The summed E-state index contributed by atoms with van der Waals surface area (Å²) in [5.41, 5.74) is 8.73. The zero-order valence-corrected chi connectivity index (χ0v) is 30.1. The van der Waals surface area contributed by atoms with Crippen LogP contribution in [0, 0.1) is 5.92 Å². The van der Waals surface area contributed by atoms with Crippen molar-refractivity contribution in [3.63, 3.8) is 0 Å². The Balaban J connectivity index is 1.32. The van der Waals surface area contributed by atoms with Crippen molar-refractivity contribution in [1.29, 1.82) is 0 Å². The van der Waals surface area contributed by atoms with Crippen LogP contribution in [-0.4, -0.2) is 134 Å². The van der Waals surface area contributed by atoms with E-state index < -0.39 is 89.4 Å². The Bertz CT molecular complexity index is 1640. The molecule has 17 heteroatoms. The highest BCUT2D eigenvalue weighted by Crippen LogP contribution is 2.49. The van der Waals surface area contributed by atoms with E-state index in [-0.39, 0.29) is 12.8 Å². The summed E-state index contributed by atoms with van der Waals surface area (Å²) in [6.45, 7) is 6.41. The summed E-state index contributed by atoms with van der Waals surface area (Å²) in [7, 11) is 1.51. The smallest absolute Gasteiger partial charge is 0.261 e. The van der Waals surface area contributed by atoms with Crippen molar-refractivity contribution in [2.45, 2.75) is 114 Å². The molecule has 8 atom stereocenters. The van der Waals surface area contributed by atoms with Gasteiger partial charge < -0.3 is 25.5 Å². The van der Waals surface area contributed by atoms with Gasteiger partial charge in [-0.05, 0) is 57.4 Å². The summed E-state index contributed by atoms with van der Waals surface area (Å²) in [5.74, 6) is -3.59. The SMILES string of the molecule is CC(C)[C@@H]1NC(=O)[C@@H]2C[C@@]3(O)c4ccccc4N[C@H]3N2C(=O)[C@H]2CCCNN2C(=O)[C@H](C)N(C)C(=O)[C@H]2CCCNN2C(=O)[C@@H]2CCCNN2C1=O. The maximum Gasteiger partial charge on any atom is 0.261 e. The highest BCUT2D eigenvalue weighted by atomic mass is 16.3. The molecule has 0 bridgehead atoms. The number of aliphatic hydroxyl groups is 1. The minimum absolute atomic E-state index is 0.162. The van der Waals surface area contributed by atoms with E-state index in [0.717, 1.165) is 0 Å². The molecule has 0 aromatic heterocycles. The zero-order valence-electron chi connectivity index (χ0n) is 30.1. The first-order chi connectivity index (χ1) is 24.8. The lowest BCUT2D eigenvalue weighted by Gasteiger charge is -2.45. The van der Waals surface area contributed by atoms with E-state index in [1.165, 1.54) is 31.9 Å². The van der Waals surface area contributed by atoms with Gasteiger partial charge in [-0.15, -0.1) is 0 Å². The van der Waals surface area contributed by atoms with Crippen molar-refractivity contribution in [1.82, 2.24) is 46.4 Å². The van der Waals surface area contributed by atoms with E-state index in [1.54, 1.807) is 45.0 Å². The third-order valence-electron chi connectivity index (χ3n) is 11.6. The lowest BCUT2D eigenvalue weighted by molar-refractivity contribution is -0.165. The minimum Gasteiger partial charge on any atom is -0.381 e. The molecule has 282 valence electrons. The maximum absolute atomic E-state index is 14.9. The number of carbonyl (C=O) groups excluding carboxylic acids is 6. The maximum atomic E-state index is 14.9. The average molecular weight is 723 g/mol. The minimum atomic E-state index is -1.65. The summed E-state index contributed by atoms with van der Waals surface area (Å²) in [6, 6.07) is 0.782. The zero-order chi connectivity index (χ0) is 37.1. The molecule has 52 heavy (non-hydrogen) atoms. The Morgan fingerprint density at radius 2 is 1.25 bits per heavy atom. The van der Waals surface area contributed by atoms with Crippen LogP contribution in [0.25, 0.3) is 0 Å². The van der Waals surface area contributed by atoms with Gasteiger partial charge >= 0.3 is 0 Å². The first-order valence-electron chi connectivity index (χ1n) is 18.5. The van der Waals surface area contributed by atoms with Gasteiger partial charge in [0.05, 0.1) is 0 Å². The number of fused-ring (bicyclic) bond motifs is 8. The number of carbonyl (C=O) groups is 6. The quantitative estimate of drug-likeness (QED) is 0.202. The first-order valence-corrected chi connectivity index (χ1v) is 18.5. The fourth-order valence-electron chi connectivity index (χ4n) is 8.63. The molecule has 0 aliphatic carbocycles. The Labute approximate surface area is 302 Å². The van der Waals surface area contributed by atoms with Crippen molar-refractivity contribution in [2.24, 2.45) is 5.92 Å². The van der Waals surface area contributed by atoms with E-state index in [4.69, 9.17) is 0 Å². The molecular formula is C35H50N10O7. The van der Waals surface area contributed by atoms with Crippen molar-refractivity contribution in [3.05, 3.63) is 29.8 Å². The Kier molecular flexibility index (Phi) is 9.65. The molecular weight excluding hydrogens is 672 g/mol. The summed E-state index contributed by atoms with van der Waals surface area (Å²) in [4.78, 5) is 89.2. The number of para-hydroxylation sites is 1. The van der Waals surface area contributed by atoms with Gasteiger partial charge in [0.25, 0.3) is 17.7 Å². The number of nitrogens with one attached hydrogen (secondary N) is 5. The van der Waals surface area contributed by atoms with Crippen LogP contribution in [0.15, 0.2) is 24.3 Å². The molecule has 6 N–H and O–H groups in total. The molecule has 6 aliphatic heterocycles. The van der Waals surface area contributed by atoms with Crippen molar-refractivity contribution < 1.29 is 33.9 Å². The van der Waals surface area contributed by atoms with Crippen molar-refractivity contribution >= 4 is 41.1 Å². The van der Waals surface area contributed by atoms with Gasteiger partial charge in [0.1, 0.15) is 48.0 Å². The second kappa shape index (κ2) is 13.9. The molecule has 7 rings (SSSR count). The van der Waals surface area contributed by atoms with Gasteiger partial charge in [-0.3, -0.25) is 43.8 Å². The molecule has 6 heterocycles. The van der Waals surface area contributed by atoms with Gasteiger partial charge in [0.2, 0.25) is 17.7 Å². The molecule has 0 saturated carbocycles. The van der Waals surface area contributed by atoms with Gasteiger partial charge in [0, 0.05) is 44.4 Å². The number of amides is 6. The summed E-state index contributed by atoms with van der Waals surface area (Å²) >= 11 is 0. The fourth-order valence-corrected chi connectivity index (χ4v) is 8.63. The standard InChI is InChI=1S/C35H50N10O7/c1-19(2)27-33(51)45-25(14-9-17-38-45)32(50)44-23(12-7-16-37-44)30(48)41(4)20(3)29(47)43-24(13-8-15-36-43)31(49)42-26(28(46)40-27)18-35(52)21-10-5-6-11-22(21)39-34(35)42/h5-6,10-11,19-20,23-27,34,36-39,52H,7-9,12-18H2,1-4H3,(H,40,46)/t20-,23+,24+,25-,26-,27-,34-,35+/m0/s1. The molecule has 1 aromatic rings. The normalized spacial score (nSPS) is 34.8.